The van der Waals surface area contributed by atoms with Gasteiger partial charge in [-0.05, 0) is 72.6 Å². The third-order valence-corrected chi connectivity index (χ3v) is 7.83. The molecule has 42 heavy (non-hydrogen) atoms. The van der Waals surface area contributed by atoms with Crippen LogP contribution in [0.4, 0.5) is 27.4 Å². The van der Waals surface area contributed by atoms with Crippen LogP contribution >= 0.6 is 11.8 Å². The van der Waals surface area contributed by atoms with E-state index >= 15 is 4.48 Å². The molecule has 0 saturated heterocycles. The van der Waals surface area contributed by atoms with Gasteiger partial charge in [0, 0.05) is 26.7 Å². The Morgan fingerprint density at radius 2 is 1.69 bits per heavy atom. The molecule has 0 aliphatic rings. The quantitative estimate of drug-likeness (QED) is 0.174. The normalized spacial score (nSPS) is 11.5. The summed E-state index contributed by atoms with van der Waals surface area (Å²) in [6.07, 6.45) is 2.49. The number of carbonyl (C=O) groups excluding carboxylic acids is 1. The van der Waals surface area contributed by atoms with Gasteiger partial charge in [-0.3, -0.25) is 9.52 Å². The van der Waals surface area contributed by atoms with Crippen molar-refractivity contribution in [3.63, 3.8) is 0 Å². The number of anilines is 4. The van der Waals surface area contributed by atoms with Crippen LogP contribution in [0, 0.1) is 0 Å². The number of sulfonamides is 1. The van der Waals surface area contributed by atoms with Crippen LogP contribution < -0.4 is 15.2 Å². The maximum absolute atomic E-state index is 15.4. The van der Waals surface area contributed by atoms with Crippen LogP contribution in [0.2, 0.25) is 0 Å². The number of nitrogens with zero attached hydrogens (tertiary/aromatic N) is 4. The van der Waals surface area contributed by atoms with Crippen LogP contribution in [0.5, 0.6) is 0 Å². The molecule has 0 aliphatic carbocycles. The minimum absolute atomic E-state index is 0.0296. The third kappa shape index (κ3) is 6.84. The smallest absolute Gasteiger partial charge is 0.286 e. The monoisotopic (exact) mass is 602 g/mol. The van der Waals surface area contributed by atoms with Gasteiger partial charge in [-0.1, -0.05) is 48.3 Å². The molecule has 5 rings (SSSR count). The average molecular weight is 603 g/mol. The summed E-state index contributed by atoms with van der Waals surface area (Å²) in [4.78, 5) is 27.7. The van der Waals surface area contributed by atoms with E-state index in [0.717, 1.165) is 16.8 Å². The summed E-state index contributed by atoms with van der Waals surface area (Å²) in [7, 11) is -3.41. The lowest BCUT2D eigenvalue weighted by atomic mass is 10.1. The number of benzene rings is 3. The topological polar surface area (TPSA) is 117 Å². The number of amides is 1. The Hall–Kier alpha value is -4.55. The van der Waals surface area contributed by atoms with Gasteiger partial charge in [-0.2, -0.15) is 0 Å². The van der Waals surface area contributed by atoms with E-state index in [9.17, 15) is 13.2 Å². The highest BCUT2D eigenvalue weighted by Gasteiger charge is 2.20. The van der Waals surface area contributed by atoms with Crippen molar-refractivity contribution in [3.05, 3.63) is 103 Å². The van der Waals surface area contributed by atoms with E-state index < -0.39 is 15.9 Å². The number of pyridine rings is 1. The van der Waals surface area contributed by atoms with E-state index in [0.29, 0.717) is 33.1 Å². The van der Waals surface area contributed by atoms with Gasteiger partial charge in [0.15, 0.2) is 5.65 Å². The van der Waals surface area contributed by atoms with Gasteiger partial charge in [0.05, 0.1) is 23.0 Å². The standard InChI is InChI=1S/C30H27FN6O3S2/c1-19(2)25-15-14-24-28(34-25)32-18-33-29(24)35-26-17-22(37(31)30(38)20-7-5-4-6-8-20)11-16-27(26)41-23-12-9-21(10-13-23)36-42(3,39)40/h4-19,36H,1-3H3,(H,32,33,34,35). The number of halogens is 1. The first-order valence-electron chi connectivity index (χ1n) is 12.9. The summed E-state index contributed by atoms with van der Waals surface area (Å²) in [6, 6.07) is 23.6. The molecule has 0 radical (unpaired) electrons. The minimum atomic E-state index is -3.41. The van der Waals surface area contributed by atoms with Crippen molar-refractivity contribution >= 4 is 61.6 Å². The molecule has 5 aromatic rings. The van der Waals surface area contributed by atoms with E-state index in [1.54, 1.807) is 60.7 Å². The predicted octanol–water partition coefficient (Wildman–Crippen LogP) is 6.95. The molecule has 0 atom stereocenters. The van der Waals surface area contributed by atoms with E-state index in [4.69, 9.17) is 0 Å². The molecule has 1 amide bonds. The summed E-state index contributed by atoms with van der Waals surface area (Å²) >= 11 is 1.37. The molecule has 214 valence electrons. The number of hydrogen-bond donors (Lipinski definition) is 2. The molecular formula is C30H27FN6O3S2. The molecule has 0 fully saturated rings. The van der Waals surface area contributed by atoms with Crippen LogP contribution in [0.1, 0.15) is 35.8 Å². The lowest BCUT2D eigenvalue weighted by Crippen LogP contribution is -2.22. The second kappa shape index (κ2) is 12.1. The molecule has 2 heterocycles. The predicted molar refractivity (Wildman–Crippen MR) is 165 cm³/mol. The molecule has 2 N–H and O–H groups in total. The molecule has 0 unspecified atom stereocenters. The molecule has 0 saturated carbocycles. The van der Waals surface area contributed by atoms with Gasteiger partial charge in [0.25, 0.3) is 5.91 Å². The summed E-state index contributed by atoms with van der Waals surface area (Å²) in [6.45, 7) is 4.10. The van der Waals surface area contributed by atoms with Crippen molar-refractivity contribution in [1.82, 2.24) is 15.0 Å². The van der Waals surface area contributed by atoms with Crippen LogP contribution in [0.15, 0.2) is 101 Å². The van der Waals surface area contributed by atoms with Gasteiger partial charge in [0.2, 0.25) is 10.0 Å². The Morgan fingerprint density at radius 1 is 0.952 bits per heavy atom. The molecular weight excluding hydrogens is 576 g/mol. The fourth-order valence-electron chi connectivity index (χ4n) is 4.08. The van der Waals surface area contributed by atoms with Crippen molar-refractivity contribution in [2.45, 2.75) is 29.6 Å². The zero-order chi connectivity index (χ0) is 29.9. The van der Waals surface area contributed by atoms with Gasteiger partial charge in [-0.25, -0.2) is 23.4 Å². The van der Waals surface area contributed by atoms with Crippen molar-refractivity contribution < 1.29 is 17.7 Å². The molecule has 0 aliphatic heterocycles. The maximum Gasteiger partial charge on any atom is 0.286 e. The first-order valence-corrected chi connectivity index (χ1v) is 15.6. The fourth-order valence-corrected chi connectivity index (χ4v) is 5.52. The maximum atomic E-state index is 15.4. The third-order valence-electron chi connectivity index (χ3n) is 6.14. The van der Waals surface area contributed by atoms with E-state index in [1.165, 1.54) is 30.2 Å². The number of carbonyl (C=O) groups is 1. The highest BCUT2D eigenvalue weighted by molar-refractivity contribution is 7.99. The van der Waals surface area contributed by atoms with Gasteiger partial charge < -0.3 is 5.32 Å². The number of rotatable bonds is 9. The van der Waals surface area contributed by atoms with Crippen molar-refractivity contribution in [3.8, 4) is 0 Å². The lowest BCUT2D eigenvalue weighted by Gasteiger charge is -2.17. The Balaban J connectivity index is 1.52. The van der Waals surface area contributed by atoms with E-state index in [1.807, 2.05) is 26.0 Å². The average Bonchev–Trinajstić information content (AvgIpc) is 2.97. The van der Waals surface area contributed by atoms with Crippen molar-refractivity contribution in [2.75, 3.05) is 21.4 Å². The molecule has 3 aromatic carbocycles. The Labute approximate surface area is 247 Å². The summed E-state index contributed by atoms with van der Waals surface area (Å²) in [5.41, 5.74) is 2.58. The minimum Gasteiger partial charge on any atom is -0.339 e. The summed E-state index contributed by atoms with van der Waals surface area (Å²) in [5, 5.41) is 4.08. The fraction of sp³-hybridized carbons (Fsp3) is 0.133. The Kier molecular flexibility index (Phi) is 8.36. The Bertz CT molecular complexity index is 1850. The first kappa shape index (κ1) is 29.0. The summed E-state index contributed by atoms with van der Waals surface area (Å²) < 4.78 is 41.0. The number of nitrogens with one attached hydrogen (secondary N) is 2. The number of fused-ring (bicyclic) bond motifs is 1. The van der Waals surface area contributed by atoms with Crippen LogP contribution in [0.3, 0.4) is 0 Å². The highest BCUT2D eigenvalue weighted by atomic mass is 32.2. The molecule has 2 aromatic heterocycles. The summed E-state index contributed by atoms with van der Waals surface area (Å²) in [5.74, 6) is -0.111. The van der Waals surface area contributed by atoms with Crippen LogP contribution in [-0.2, 0) is 10.0 Å². The Morgan fingerprint density at radius 3 is 2.38 bits per heavy atom. The largest absolute Gasteiger partial charge is 0.339 e. The SMILES string of the molecule is CC(C)c1ccc2c(Nc3cc(N(F)C(=O)c4ccccc4)ccc3Sc3ccc(NS(C)(=O)=O)cc3)ncnc2n1. The number of hydrogen-bond acceptors (Lipinski definition) is 8. The second-order valence-electron chi connectivity index (χ2n) is 9.74. The van der Waals surface area contributed by atoms with Gasteiger partial charge in [-0.15, -0.1) is 5.12 Å². The zero-order valence-corrected chi connectivity index (χ0v) is 24.6. The highest BCUT2D eigenvalue weighted by Crippen LogP contribution is 2.39. The molecule has 0 spiro atoms. The zero-order valence-electron chi connectivity index (χ0n) is 22.9. The van der Waals surface area contributed by atoms with Crippen LogP contribution in [0.25, 0.3) is 11.0 Å². The van der Waals surface area contributed by atoms with E-state index in [-0.39, 0.29) is 22.3 Å². The van der Waals surface area contributed by atoms with Gasteiger partial charge in [0.1, 0.15) is 12.1 Å². The number of aromatic nitrogens is 3. The van der Waals surface area contributed by atoms with Gasteiger partial charge >= 0.3 is 0 Å². The van der Waals surface area contributed by atoms with Crippen LogP contribution in [-0.4, -0.2) is 35.5 Å². The van der Waals surface area contributed by atoms with E-state index in [2.05, 4.69) is 25.0 Å². The molecule has 0 bridgehead atoms. The molecule has 9 nitrogen and oxygen atoms in total. The van der Waals surface area contributed by atoms with Crippen molar-refractivity contribution in [2.24, 2.45) is 0 Å². The first-order chi connectivity index (χ1) is 20.1. The lowest BCUT2D eigenvalue weighted by molar-refractivity contribution is 0.0931. The molecule has 12 heteroatoms. The van der Waals surface area contributed by atoms with Crippen molar-refractivity contribution in [1.29, 1.82) is 0 Å². The second-order valence-corrected chi connectivity index (χ2v) is 12.6.